The van der Waals surface area contributed by atoms with Gasteiger partial charge < -0.3 is 9.73 Å². The van der Waals surface area contributed by atoms with Crippen molar-refractivity contribution in [3.05, 3.63) is 114 Å². The Morgan fingerprint density at radius 3 is 2.53 bits per heavy atom. The maximum atomic E-state index is 12.9. The van der Waals surface area contributed by atoms with Crippen LogP contribution in [0.4, 0.5) is 18.9 Å². The zero-order valence-corrected chi connectivity index (χ0v) is 16.6. The Morgan fingerprint density at radius 2 is 1.81 bits per heavy atom. The fourth-order valence-corrected chi connectivity index (χ4v) is 3.23. The molecule has 0 unspecified atom stereocenters. The van der Waals surface area contributed by atoms with Crippen LogP contribution in [0, 0.1) is 0 Å². The minimum absolute atomic E-state index is 0.350. The molecule has 0 atom stereocenters. The number of furan rings is 1. The van der Waals surface area contributed by atoms with Crippen LogP contribution in [0.5, 0.6) is 0 Å². The van der Waals surface area contributed by atoms with Crippen LogP contribution in [0.1, 0.15) is 16.9 Å². The minimum Gasteiger partial charge on any atom is -0.464 e. The monoisotopic (exact) mass is 434 g/mol. The van der Waals surface area contributed by atoms with E-state index in [2.05, 4.69) is 10.3 Å². The maximum Gasteiger partial charge on any atom is 0.416 e. The molecule has 0 bridgehead atoms. The van der Waals surface area contributed by atoms with Gasteiger partial charge in [0, 0.05) is 40.5 Å². The van der Waals surface area contributed by atoms with Crippen molar-refractivity contribution in [3.8, 4) is 0 Å². The number of benzene rings is 2. The van der Waals surface area contributed by atoms with E-state index in [0.29, 0.717) is 22.6 Å². The topological polar surface area (TPSA) is 55.1 Å². The van der Waals surface area contributed by atoms with E-state index in [-0.39, 0.29) is 5.91 Å². The number of anilines is 1. The van der Waals surface area contributed by atoms with Gasteiger partial charge in [-0.1, -0.05) is 36.4 Å². The molecule has 160 valence electrons. The lowest BCUT2D eigenvalue weighted by Gasteiger charge is -2.09. The molecule has 4 rings (SSSR count). The summed E-state index contributed by atoms with van der Waals surface area (Å²) in [6.07, 6.45) is 4.90. The summed E-state index contributed by atoms with van der Waals surface area (Å²) in [5.41, 5.74) is 0.987. The third-order valence-corrected chi connectivity index (χ3v) is 4.76. The highest BCUT2D eigenvalue weighted by molar-refractivity contribution is 6.06. The molecule has 0 spiro atoms. The first-order valence-corrected chi connectivity index (χ1v) is 9.65. The summed E-state index contributed by atoms with van der Waals surface area (Å²) < 4.78 is 44.0. The number of pyridine rings is 1. The Hall–Kier alpha value is -4.13. The fraction of sp³-hybridized carbons (Fsp3) is 0.0400. The highest BCUT2D eigenvalue weighted by Gasteiger charge is 2.30. The van der Waals surface area contributed by atoms with Crippen LogP contribution in [-0.4, -0.2) is 10.9 Å². The van der Waals surface area contributed by atoms with Crippen molar-refractivity contribution < 1.29 is 22.4 Å². The highest BCUT2D eigenvalue weighted by atomic mass is 19.4. The molecule has 7 heteroatoms. The predicted octanol–water partition coefficient (Wildman–Crippen LogP) is 6.47. The van der Waals surface area contributed by atoms with E-state index in [1.54, 1.807) is 36.7 Å². The number of alkyl halides is 3. The van der Waals surface area contributed by atoms with Crippen molar-refractivity contribution in [1.82, 2.24) is 4.98 Å². The number of aromatic nitrogens is 1. The number of carbonyl (C=O) groups excluding carboxylic acids is 1. The van der Waals surface area contributed by atoms with E-state index in [9.17, 15) is 18.0 Å². The number of carbonyl (C=O) groups is 1. The fourth-order valence-electron chi connectivity index (χ4n) is 3.23. The van der Waals surface area contributed by atoms with Crippen LogP contribution in [0.2, 0.25) is 0 Å². The van der Waals surface area contributed by atoms with Crippen molar-refractivity contribution in [2.75, 3.05) is 5.32 Å². The minimum atomic E-state index is -4.41. The largest absolute Gasteiger partial charge is 0.464 e. The van der Waals surface area contributed by atoms with E-state index in [1.807, 2.05) is 18.2 Å². The van der Waals surface area contributed by atoms with Gasteiger partial charge in [-0.25, -0.2) is 0 Å². The Morgan fingerprint density at radius 1 is 1.00 bits per heavy atom. The second-order valence-electron chi connectivity index (χ2n) is 6.88. The van der Waals surface area contributed by atoms with Gasteiger partial charge in [-0.15, -0.1) is 0 Å². The number of rotatable bonds is 5. The molecule has 0 radical (unpaired) electrons. The van der Waals surface area contributed by atoms with Crippen molar-refractivity contribution >= 4 is 27.9 Å². The second kappa shape index (κ2) is 8.93. The van der Waals surface area contributed by atoms with Gasteiger partial charge in [-0.05, 0) is 42.0 Å². The molecule has 0 aliphatic carbocycles. The number of nitrogens with one attached hydrogen (secondary N) is 1. The van der Waals surface area contributed by atoms with E-state index < -0.39 is 11.7 Å². The SMILES string of the molecule is O=C(/C=C/C=C(/c1ccc(C(F)(F)F)cc1)c1ccco1)Nc1cccc2cnccc12. The molecule has 4 aromatic rings. The molecule has 4 nitrogen and oxygen atoms in total. The molecule has 2 heterocycles. The highest BCUT2D eigenvalue weighted by Crippen LogP contribution is 2.31. The molecule has 2 aromatic carbocycles. The summed E-state index contributed by atoms with van der Waals surface area (Å²) in [6.45, 7) is 0. The maximum absolute atomic E-state index is 12.9. The van der Waals surface area contributed by atoms with Crippen molar-refractivity contribution in [3.63, 3.8) is 0 Å². The lowest BCUT2D eigenvalue weighted by atomic mass is 10.0. The molecule has 0 aliphatic heterocycles. The molecule has 0 saturated carbocycles. The molecule has 0 aliphatic rings. The van der Waals surface area contributed by atoms with Crippen LogP contribution < -0.4 is 5.32 Å². The number of allylic oxidation sites excluding steroid dienone is 2. The molecule has 1 N–H and O–H groups in total. The summed E-state index contributed by atoms with van der Waals surface area (Å²) in [6, 6.07) is 15.5. The number of nitrogens with zero attached hydrogens (tertiary/aromatic N) is 1. The Bertz CT molecular complexity index is 1280. The van der Waals surface area contributed by atoms with Gasteiger partial charge in [0.25, 0.3) is 0 Å². The average molecular weight is 434 g/mol. The normalized spacial score (nSPS) is 12.4. The van der Waals surface area contributed by atoms with Crippen LogP contribution in [0.25, 0.3) is 16.3 Å². The Balaban J connectivity index is 1.57. The van der Waals surface area contributed by atoms with Crippen LogP contribution in [-0.2, 0) is 11.0 Å². The zero-order chi connectivity index (χ0) is 22.6. The molecule has 0 saturated heterocycles. The van der Waals surface area contributed by atoms with Gasteiger partial charge in [-0.3, -0.25) is 9.78 Å². The van der Waals surface area contributed by atoms with Crippen LogP contribution in [0.3, 0.4) is 0 Å². The summed E-state index contributed by atoms with van der Waals surface area (Å²) in [5, 5.41) is 4.59. The number of halogens is 3. The summed E-state index contributed by atoms with van der Waals surface area (Å²) in [4.78, 5) is 16.5. The average Bonchev–Trinajstić information content (AvgIpc) is 3.31. The molecular formula is C25H17F3N2O2. The van der Waals surface area contributed by atoms with Crippen molar-refractivity contribution in [1.29, 1.82) is 0 Å². The quantitative estimate of drug-likeness (QED) is 0.289. The Labute approximate surface area is 181 Å². The summed E-state index contributed by atoms with van der Waals surface area (Å²) in [5.74, 6) is 0.119. The van der Waals surface area contributed by atoms with Gasteiger partial charge >= 0.3 is 6.18 Å². The smallest absolute Gasteiger partial charge is 0.416 e. The standard InChI is InChI=1S/C25H17F3N2O2/c26-25(27,28)19-11-9-17(10-12-19)21(23-7-3-15-32-23)5-2-8-24(31)30-22-6-1-4-18-16-29-14-13-20(18)22/h1-16H,(H,30,31)/b8-2+,21-5-. The van der Waals surface area contributed by atoms with Crippen LogP contribution >= 0.6 is 0 Å². The van der Waals surface area contributed by atoms with E-state index in [0.717, 1.165) is 22.9 Å². The first-order chi connectivity index (χ1) is 15.4. The predicted molar refractivity (Wildman–Crippen MR) is 117 cm³/mol. The number of hydrogen-bond donors (Lipinski definition) is 1. The van der Waals surface area contributed by atoms with Gasteiger partial charge in [0.05, 0.1) is 11.8 Å². The molecule has 1 amide bonds. The Kier molecular flexibility index (Phi) is 5.89. The van der Waals surface area contributed by atoms with Crippen LogP contribution in [0.15, 0.2) is 102 Å². The van der Waals surface area contributed by atoms with Gasteiger partial charge in [0.15, 0.2) is 0 Å². The van der Waals surface area contributed by atoms with Gasteiger partial charge in [0.1, 0.15) is 5.76 Å². The first kappa shape index (κ1) is 21.1. The number of hydrogen-bond acceptors (Lipinski definition) is 3. The summed E-state index contributed by atoms with van der Waals surface area (Å²) in [7, 11) is 0. The van der Waals surface area contributed by atoms with Crippen molar-refractivity contribution in [2.24, 2.45) is 0 Å². The number of amides is 1. The van der Waals surface area contributed by atoms with Gasteiger partial charge in [-0.2, -0.15) is 13.2 Å². The van der Waals surface area contributed by atoms with E-state index >= 15 is 0 Å². The van der Waals surface area contributed by atoms with E-state index in [1.165, 1.54) is 30.5 Å². The second-order valence-corrected chi connectivity index (χ2v) is 6.88. The molecule has 0 fully saturated rings. The van der Waals surface area contributed by atoms with Crippen molar-refractivity contribution in [2.45, 2.75) is 6.18 Å². The number of fused-ring (bicyclic) bond motifs is 1. The first-order valence-electron chi connectivity index (χ1n) is 9.65. The summed E-state index contributed by atoms with van der Waals surface area (Å²) >= 11 is 0. The molecule has 32 heavy (non-hydrogen) atoms. The lowest BCUT2D eigenvalue weighted by Crippen LogP contribution is -2.08. The lowest BCUT2D eigenvalue weighted by molar-refractivity contribution is -0.137. The molecular weight excluding hydrogens is 417 g/mol. The zero-order valence-electron chi connectivity index (χ0n) is 16.6. The van der Waals surface area contributed by atoms with E-state index in [4.69, 9.17) is 4.42 Å². The van der Waals surface area contributed by atoms with Gasteiger partial charge in [0.2, 0.25) is 5.91 Å². The third kappa shape index (κ3) is 4.78. The molecule has 2 aromatic heterocycles. The third-order valence-electron chi connectivity index (χ3n) is 4.76.